The number of ether oxygens (including phenoxy) is 1. The van der Waals surface area contributed by atoms with Crippen LogP contribution in [0.5, 0.6) is 5.75 Å². The summed E-state index contributed by atoms with van der Waals surface area (Å²) < 4.78 is 5.25. The SMILES string of the molecule is COc1ccccc1NC(CO)CC(C)C. The number of methoxy groups -OCH3 is 1. The molecule has 0 aliphatic rings. The van der Waals surface area contributed by atoms with Crippen molar-refractivity contribution in [2.24, 2.45) is 5.92 Å². The number of hydrogen-bond acceptors (Lipinski definition) is 3. The third-order valence-electron chi connectivity index (χ3n) is 2.44. The summed E-state index contributed by atoms with van der Waals surface area (Å²) in [6.45, 7) is 4.43. The number of aliphatic hydroxyl groups is 1. The maximum absolute atomic E-state index is 9.30. The minimum atomic E-state index is 0.0799. The van der Waals surface area contributed by atoms with Gasteiger partial charge in [0.05, 0.1) is 19.4 Å². The van der Waals surface area contributed by atoms with Crippen LogP contribution in [0.4, 0.5) is 5.69 Å². The molecule has 3 nitrogen and oxygen atoms in total. The Hall–Kier alpha value is -1.22. The second-order valence-corrected chi connectivity index (χ2v) is 4.35. The molecule has 0 heterocycles. The topological polar surface area (TPSA) is 41.5 Å². The van der Waals surface area contributed by atoms with Crippen molar-refractivity contribution in [3.8, 4) is 5.75 Å². The summed E-state index contributed by atoms with van der Waals surface area (Å²) in [6, 6.07) is 7.83. The molecule has 1 unspecified atom stereocenters. The molecule has 0 saturated heterocycles. The van der Waals surface area contributed by atoms with E-state index in [-0.39, 0.29) is 12.6 Å². The van der Waals surface area contributed by atoms with Gasteiger partial charge in [-0.3, -0.25) is 0 Å². The summed E-state index contributed by atoms with van der Waals surface area (Å²) in [6.07, 6.45) is 0.939. The summed E-state index contributed by atoms with van der Waals surface area (Å²) in [4.78, 5) is 0. The van der Waals surface area contributed by atoms with E-state index in [4.69, 9.17) is 4.74 Å². The van der Waals surface area contributed by atoms with Crippen molar-refractivity contribution < 1.29 is 9.84 Å². The van der Waals surface area contributed by atoms with Gasteiger partial charge in [-0.1, -0.05) is 26.0 Å². The fourth-order valence-electron chi connectivity index (χ4n) is 1.73. The molecule has 0 spiro atoms. The minimum Gasteiger partial charge on any atom is -0.495 e. The highest BCUT2D eigenvalue weighted by Crippen LogP contribution is 2.24. The number of hydrogen-bond donors (Lipinski definition) is 2. The summed E-state index contributed by atoms with van der Waals surface area (Å²) in [7, 11) is 1.65. The standard InChI is InChI=1S/C13H21NO2/c1-10(2)8-11(9-15)14-12-6-4-5-7-13(12)16-3/h4-7,10-11,14-15H,8-9H2,1-3H3. The van der Waals surface area contributed by atoms with Crippen molar-refractivity contribution in [3.63, 3.8) is 0 Å². The molecular formula is C13H21NO2. The lowest BCUT2D eigenvalue weighted by Crippen LogP contribution is -2.25. The van der Waals surface area contributed by atoms with E-state index in [0.717, 1.165) is 17.9 Å². The van der Waals surface area contributed by atoms with Gasteiger partial charge in [-0.2, -0.15) is 0 Å². The molecule has 0 saturated carbocycles. The smallest absolute Gasteiger partial charge is 0.141 e. The molecule has 16 heavy (non-hydrogen) atoms. The lowest BCUT2D eigenvalue weighted by atomic mass is 10.0. The quantitative estimate of drug-likeness (QED) is 0.778. The number of rotatable bonds is 6. The second kappa shape index (κ2) is 6.38. The molecule has 0 radical (unpaired) electrons. The van der Waals surface area contributed by atoms with E-state index in [0.29, 0.717) is 5.92 Å². The first-order valence-electron chi connectivity index (χ1n) is 5.67. The van der Waals surface area contributed by atoms with E-state index in [1.807, 2.05) is 24.3 Å². The predicted molar refractivity (Wildman–Crippen MR) is 66.9 cm³/mol. The van der Waals surface area contributed by atoms with Gasteiger partial charge in [0, 0.05) is 6.04 Å². The van der Waals surface area contributed by atoms with E-state index in [1.54, 1.807) is 7.11 Å². The maximum atomic E-state index is 9.30. The number of nitrogens with one attached hydrogen (secondary N) is 1. The molecule has 0 aliphatic carbocycles. The molecule has 1 atom stereocenters. The Labute approximate surface area is 97.4 Å². The zero-order valence-electron chi connectivity index (χ0n) is 10.2. The molecular weight excluding hydrogens is 202 g/mol. The molecule has 2 N–H and O–H groups in total. The average molecular weight is 223 g/mol. The molecule has 1 aromatic carbocycles. The number of aliphatic hydroxyl groups excluding tert-OH is 1. The Bertz CT molecular complexity index is 313. The van der Waals surface area contributed by atoms with Crippen molar-refractivity contribution in [3.05, 3.63) is 24.3 Å². The summed E-state index contributed by atoms with van der Waals surface area (Å²) in [5, 5.41) is 12.6. The lowest BCUT2D eigenvalue weighted by molar-refractivity contribution is 0.259. The number of para-hydroxylation sites is 2. The number of benzene rings is 1. The van der Waals surface area contributed by atoms with Crippen LogP contribution in [0.2, 0.25) is 0 Å². The fourth-order valence-corrected chi connectivity index (χ4v) is 1.73. The first kappa shape index (κ1) is 12.8. The van der Waals surface area contributed by atoms with Gasteiger partial charge in [-0.05, 0) is 24.5 Å². The van der Waals surface area contributed by atoms with Crippen molar-refractivity contribution in [1.29, 1.82) is 0 Å². The van der Waals surface area contributed by atoms with Crippen LogP contribution in [0, 0.1) is 5.92 Å². The van der Waals surface area contributed by atoms with E-state index in [9.17, 15) is 5.11 Å². The average Bonchev–Trinajstić information content (AvgIpc) is 2.28. The zero-order chi connectivity index (χ0) is 12.0. The highest BCUT2D eigenvalue weighted by atomic mass is 16.5. The van der Waals surface area contributed by atoms with Crippen LogP contribution in [-0.2, 0) is 0 Å². The molecule has 1 rings (SSSR count). The third-order valence-corrected chi connectivity index (χ3v) is 2.44. The molecule has 0 fully saturated rings. The molecule has 90 valence electrons. The zero-order valence-corrected chi connectivity index (χ0v) is 10.2. The van der Waals surface area contributed by atoms with Crippen LogP contribution in [-0.4, -0.2) is 24.9 Å². The van der Waals surface area contributed by atoms with Crippen molar-refractivity contribution in [2.45, 2.75) is 26.3 Å². The molecule has 0 aliphatic heterocycles. The first-order valence-corrected chi connectivity index (χ1v) is 5.67. The van der Waals surface area contributed by atoms with Gasteiger partial charge < -0.3 is 15.2 Å². The summed E-state index contributed by atoms with van der Waals surface area (Å²) >= 11 is 0. The van der Waals surface area contributed by atoms with Crippen molar-refractivity contribution in [1.82, 2.24) is 0 Å². The van der Waals surface area contributed by atoms with Gasteiger partial charge in [-0.25, -0.2) is 0 Å². The normalized spacial score (nSPS) is 12.6. The Balaban J connectivity index is 2.69. The van der Waals surface area contributed by atoms with Crippen LogP contribution in [0.25, 0.3) is 0 Å². The van der Waals surface area contributed by atoms with Crippen LogP contribution >= 0.6 is 0 Å². The Kier molecular flexibility index (Phi) is 5.12. The van der Waals surface area contributed by atoms with Crippen LogP contribution < -0.4 is 10.1 Å². The molecule has 0 bridgehead atoms. The van der Waals surface area contributed by atoms with Crippen LogP contribution in [0.15, 0.2) is 24.3 Å². The van der Waals surface area contributed by atoms with Gasteiger partial charge in [0.1, 0.15) is 5.75 Å². The highest BCUT2D eigenvalue weighted by molar-refractivity contribution is 5.56. The van der Waals surface area contributed by atoms with E-state index in [2.05, 4.69) is 19.2 Å². The minimum absolute atomic E-state index is 0.0799. The van der Waals surface area contributed by atoms with E-state index in [1.165, 1.54) is 0 Å². The van der Waals surface area contributed by atoms with Crippen molar-refractivity contribution in [2.75, 3.05) is 19.0 Å². The Morgan fingerprint density at radius 1 is 1.31 bits per heavy atom. The lowest BCUT2D eigenvalue weighted by Gasteiger charge is -2.20. The second-order valence-electron chi connectivity index (χ2n) is 4.35. The third kappa shape index (κ3) is 3.74. The van der Waals surface area contributed by atoms with Gasteiger partial charge in [0.25, 0.3) is 0 Å². The van der Waals surface area contributed by atoms with Gasteiger partial charge >= 0.3 is 0 Å². The van der Waals surface area contributed by atoms with Gasteiger partial charge in [0.2, 0.25) is 0 Å². The maximum Gasteiger partial charge on any atom is 0.141 e. The van der Waals surface area contributed by atoms with Gasteiger partial charge in [-0.15, -0.1) is 0 Å². The molecule has 0 amide bonds. The molecule has 3 heteroatoms. The molecule has 0 aromatic heterocycles. The Morgan fingerprint density at radius 2 is 2.00 bits per heavy atom. The van der Waals surface area contributed by atoms with Crippen LogP contribution in [0.3, 0.4) is 0 Å². The van der Waals surface area contributed by atoms with E-state index >= 15 is 0 Å². The van der Waals surface area contributed by atoms with E-state index < -0.39 is 0 Å². The summed E-state index contributed by atoms with van der Waals surface area (Å²) in [5.41, 5.74) is 0.935. The highest BCUT2D eigenvalue weighted by Gasteiger charge is 2.11. The number of anilines is 1. The van der Waals surface area contributed by atoms with Gasteiger partial charge in [0.15, 0.2) is 0 Å². The summed E-state index contributed by atoms with van der Waals surface area (Å²) in [5.74, 6) is 1.36. The largest absolute Gasteiger partial charge is 0.495 e. The molecule has 1 aromatic rings. The first-order chi connectivity index (χ1) is 7.67. The monoisotopic (exact) mass is 223 g/mol. The Morgan fingerprint density at radius 3 is 2.56 bits per heavy atom. The van der Waals surface area contributed by atoms with Crippen molar-refractivity contribution >= 4 is 5.69 Å². The fraction of sp³-hybridized carbons (Fsp3) is 0.538. The predicted octanol–water partition coefficient (Wildman–Crippen LogP) is 2.51. The van der Waals surface area contributed by atoms with Crippen LogP contribution in [0.1, 0.15) is 20.3 Å².